The number of hydrogen-bond donors (Lipinski definition) is 0. The summed E-state index contributed by atoms with van der Waals surface area (Å²) in [6.45, 7) is 6.30. The van der Waals surface area contributed by atoms with Crippen LogP contribution in [0.2, 0.25) is 0 Å². The largest absolute Gasteiger partial charge is 0.378 e. The number of benzene rings is 1. The summed E-state index contributed by atoms with van der Waals surface area (Å²) in [6, 6.07) is 8.29. The summed E-state index contributed by atoms with van der Waals surface area (Å²) in [5.41, 5.74) is 2.62. The topological polar surface area (TPSA) is 38.8 Å². The number of rotatable bonds is 6. The zero-order chi connectivity index (χ0) is 18.0. The molecule has 0 unspecified atom stereocenters. The quantitative estimate of drug-likeness (QED) is 0.784. The highest BCUT2D eigenvalue weighted by Gasteiger charge is 2.43. The third kappa shape index (κ3) is 4.47. The molecule has 2 heterocycles. The smallest absolute Gasteiger partial charge is 0.226 e. The minimum absolute atomic E-state index is 0.253. The van der Waals surface area contributed by atoms with Crippen molar-refractivity contribution in [2.45, 2.75) is 51.6 Å². The number of piperidine rings is 1. The van der Waals surface area contributed by atoms with Gasteiger partial charge in [0.25, 0.3) is 0 Å². The van der Waals surface area contributed by atoms with Gasteiger partial charge in [0.05, 0.1) is 25.7 Å². The molecule has 4 nitrogen and oxygen atoms in total. The molecule has 1 aliphatic carbocycles. The Morgan fingerprint density at radius 3 is 2.62 bits per heavy atom. The van der Waals surface area contributed by atoms with Crippen LogP contribution in [0.5, 0.6) is 0 Å². The molecule has 1 spiro atoms. The average Bonchev–Trinajstić information content (AvgIpc) is 3.39. The Morgan fingerprint density at radius 2 is 1.92 bits per heavy atom. The Labute approximate surface area is 156 Å². The maximum absolute atomic E-state index is 12.6. The third-order valence-electron chi connectivity index (χ3n) is 6.29. The molecular formula is C22H31NO3. The molecule has 26 heavy (non-hydrogen) atoms. The van der Waals surface area contributed by atoms with Crippen molar-refractivity contribution in [3.63, 3.8) is 0 Å². The van der Waals surface area contributed by atoms with Crippen LogP contribution in [0.4, 0.5) is 0 Å². The summed E-state index contributed by atoms with van der Waals surface area (Å²) in [4.78, 5) is 14.6. The number of amides is 1. The van der Waals surface area contributed by atoms with Crippen molar-refractivity contribution in [3.8, 4) is 0 Å². The van der Waals surface area contributed by atoms with Gasteiger partial charge >= 0.3 is 0 Å². The molecule has 2 aliphatic heterocycles. The van der Waals surface area contributed by atoms with Gasteiger partial charge in [-0.3, -0.25) is 4.79 Å². The van der Waals surface area contributed by atoms with E-state index in [1.165, 1.54) is 18.4 Å². The molecular weight excluding hydrogens is 326 g/mol. The van der Waals surface area contributed by atoms with Crippen LogP contribution in [-0.2, 0) is 20.7 Å². The Hall–Kier alpha value is -1.39. The molecule has 0 N–H and O–H groups in total. The molecule has 0 radical (unpaired) electrons. The maximum atomic E-state index is 12.6. The molecule has 142 valence electrons. The molecule has 1 atom stereocenters. The third-order valence-corrected chi connectivity index (χ3v) is 6.29. The molecule has 0 aromatic heterocycles. The number of nitrogens with zero attached hydrogens (tertiary/aromatic N) is 1. The second-order valence-electron chi connectivity index (χ2n) is 8.66. The van der Waals surface area contributed by atoms with E-state index >= 15 is 0 Å². The van der Waals surface area contributed by atoms with Crippen molar-refractivity contribution >= 4 is 5.91 Å². The lowest BCUT2D eigenvalue weighted by atomic mass is 9.76. The lowest BCUT2D eigenvalue weighted by Gasteiger charge is -2.38. The predicted molar refractivity (Wildman–Crippen MR) is 101 cm³/mol. The van der Waals surface area contributed by atoms with Gasteiger partial charge in [0.2, 0.25) is 5.91 Å². The van der Waals surface area contributed by atoms with E-state index in [1.807, 2.05) is 4.90 Å². The number of carbonyl (C=O) groups excluding carboxylic acids is 1. The fourth-order valence-electron chi connectivity index (χ4n) is 4.22. The number of aryl methyl sites for hydroxylation is 1. The minimum atomic E-state index is 0.253. The fourth-order valence-corrected chi connectivity index (χ4v) is 4.22. The van der Waals surface area contributed by atoms with E-state index in [0.29, 0.717) is 6.42 Å². The molecule has 0 bridgehead atoms. The number of hydrogen-bond acceptors (Lipinski definition) is 3. The molecule has 4 heteroatoms. The first-order chi connectivity index (χ1) is 12.6. The van der Waals surface area contributed by atoms with Gasteiger partial charge in [0.15, 0.2) is 0 Å². The highest BCUT2D eigenvalue weighted by atomic mass is 16.5. The zero-order valence-corrected chi connectivity index (χ0v) is 15.9. The molecule has 1 saturated carbocycles. The number of carbonyl (C=O) groups is 1. The van der Waals surface area contributed by atoms with Crippen molar-refractivity contribution in [2.75, 3.05) is 32.9 Å². The van der Waals surface area contributed by atoms with Crippen molar-refractivity contribution in [3.05, 3.63) is 35.4 Å². The fraction of sp³-hybridized carbons (Fsp3) is 0.682. The maximum Gasteiger partial charge on any atom is 0.226 e. The molecule has 4 rings (SSSR count). The molecule has 3 fully saturated rings. The molecule has 1 amide bonds. The summed E-state index contributed by atoms with van der Waals surface area (Å²) in [6.07, 6.45) is 6.66. The van der Waals surface area contributed by atoms with E-state index in [-0.39, 0.29) is 17.4 Å². The van der Waals surface area contributed by atoms with E-state index in [2.05, 4.69) is 31.2 Å². The Bertz CT molecular complexity index is 615. The van der Waals surface area contributed by atoms with Crippen molar-refractivity contribution in [2.24, 2.45) is 11.3 Å². The van der Waals surface area contributed by atoms with Gasteiger partial charge in [-0.2, -0.15) is 0 Å². The molecule has 1 aromatic carbocycles. The van der Waals surface area contributed by atoms with Crippen LogP contribution in [-0.4, -0.2) is 49.8 Å². The SMILES string of the molecule is Cc1ccc(CC(=O)N2CCC3(CC2)CO[C@@H](COCC2CC2)C3)cc1. The van der Waals surface area contributed by atoms with Crippen LogP contribution in [0.15, 0.2) is 24.3 Å². The average molecular weight is 357 g/mol. The Balaban J connectivity index is 1.22. The molecule has 2 saturated heterocycles. The number of ether oxygens (including phenoxy) is 2. The summed E-state index contributed by atoms with van der Waals surface area (Å²) in [5, 5.41) is 0. The normalized spacial score (nSPS) is 25.0. The van der Waals surface area contributed by atoms with Gasteiger partial charge in [-0.05, 0) is 55.9 Å². The summed E-state index contributed by atoms with van der Waals surface area (Å²) in [5.74, 6) is 1.07. The van der Waals surface area contributed by atoms with E-state index in [4.69, 9.17) is 9.47 Å². The molecule has 1 aromatic rings. The van der Waals surface area contributed by atoms with Gasteiger partial charge in [-0.25, -0.2) is 0 Å². The zero-order valence-electron chi connectivity index (χ0n) is 15.9. The lowest BCUT2D eigenvalue weighted by molar-refractivity contribution is -0.132. The summed E-state index contributed by atoms with van der Waals surface area (Å²) >= 11 is 0. The monoisotopic (exact) mass is 357 g/mol. The first kappa shape index (κ1) is 18.0. The van der Waals surface area contributed by atoms with Gasteiger partial charge in [-0.15, -0.1) is 0 Å². The van der Waals surface area contributed by atoms with E-state index in [0.717, 1.165) is 63.7 Å². The van der Waals surface area contributed by atoms with Crippen LogP contribution < -0.4 is 0 Å². The van der Waals surface area contributed by atoms with Gasteiger partial charge < -0.3 is 14.4 Å². The van der Waals surface area contributed by atoms with Crippen LogP contribution in [0.3, 0.4) is 0 Å². The highest BCUT2D eigenvalue weighted by Crippen LogP contribution is 2.42. The molecule has 3 aliphatic rings. The predicted octanol–water partition coefficient (Wildman–Crippen LogP) is 3.36. The van der Waals surface area contributed by atoms with Gasteiger partial charge in [0, 0.05) is 19.7 Å². The van der Waals surface area contributed by atoms with Crippen molar-refractivity contribution < 1.29 is 14.3 Å². The highest BCUT2D eigenvalue weighted by molar-refractivity contribution is 5.78. The lowest BCUT2D eigenvalue weighted by Crippen LogP contribution is -2.44. The second-order valence-corrected chi connectivity index (χ2v) is 8.66. The second kappa shape index (κ2) is 7.69. The Kier molecular flexibility index (Phi) is 5.32. The minimum Gasteiger partial charge on any atom is -0.378 e. The van der Waals surface area contributed by atoms with E-state index in [9.17, 15) is 4.79 Å². The van der Waals surface area contributed by atoms with E-state index in [1.54, 1.807) is 0 Å². The first-order valence-corrected chi connectivity index (χ1v) is 10.1. The summed E-state index contributed by atoms with van der Waals surface area (Å²) < 4.78 is 11.8. The van der Waals surface area contributed by atoms with Crippen molar-refractivity contribution in [1.82, 2.24) is 4.90 Å². The van der Waals surface area contributed by atoms with Crippen LogP contribution in [0.25, 0.3) is 0 Å². The standard InChI is InChI=1S/C22H31NO3/c1-17-2-4-18(5-3-17)12-21(24)23-10-8-22(9-11-23)13-20(26-16-22)15-25-14-19-6-7-19/h2-5,19-20H,6-16H2,1H3/t20-/m1/s1. The van der Waals surface area contributed by atoms with Crippen LogP contribution in [0, 0.1) is 18.3 Å². The van der Waals surface area contributed by atoms with Gasteiger partial charge in [-0.1, -0.05) is 29.8 Å². The van der Waals surface area contributed by atoms with Crippen LogP contribution >= 0.6 is 0 Å². The van der Waals surface area contributed by atoms with E-state index < -0.39 is 0 Å². The van der Waals surface area contributed by atoms with Crippen LogP contribution in [0.1, 0.15) is 43.2 Å². The van der Waals surface area contributed by atoms with Crippen molar-refractivity contribution in [1.29, 1.82) is 0 Å². The Morgan fingerprint density at radius 1 is 1.19 bits per heavy atom. The summed E-state index contributed by atoms with van der Waals surface area (Å²) in [7, 11) is 0. The first-order valence-electron chi connectivity index (χ1n) is 10.1. The van der Waals surface area contributed by atoms with Gasteiger partial charge in [0.1, 0.15) is 0 Å². The number of likely N-dealkylation sites (tertiary alicyclic amines) is 1.